The Morgan fingerprint density at radius 3 is 2.12 bits per heavy atom. The Bertz CT molecular complexity index is 628. The fraction of sp³-hybridized carbons (Fsp3) is 0.682. The summed E-state index contributed by atoms with van der Waals surface area (Å²) in [5, 5.41) is 0. The molecule has 0 atom stereocenters. The van der Waals surface area contributed by atoms with E-state index < -0.39 is 0 Å². The van der Waals surface area contributed by atoms with Gasteiger partial charge in [-0.25, -0.2) is 4.98 Å². The van der Waals surface area contributed by atoms with E-state index in [9.17, 15) is 0 Å². The van der Waals surface area contributed by atoms with Crippen LogP contribution >= 0.6 is 0 Å². The van der Waals surface area contributed by atoms with Crippen molar-refractivity contribution in [3.8, 4) is 0 Å². The minimum atomic E-state index is 0.0725. The van der Waals surface area contributed by atoms with E-state index in [1.165, 1.54) is 63.1 Å². The number of unbranched alkanes of at least 4 members (excludes halogenated alkanes) is 2. The highest BCUT2D eigenvalue weighted by molar-refractivity contribution is 5.76. The van der Waals surface area contributed by atoms with E-state index in [0.29, 0.717) is 0 Å². The third kappa shape index (κ3) is 5.57. The van der Waals surface area contributed by atoms with Gasteiger partial charge in [0.05, 0.1) is 11.0 Å². The Hall–Kier alpha value is -1.35. The first kappa shape index (κ1) is 20.0. The molecule has 2 rings (SSSR count). The second-order valence-electron chi connectivity index (χ2n) is 8.23. The first-order valence-corrected chi connectivity index (χ1v) is 10.2. The Balaban J connectivity index is 2.08. The molecular weight excluding hydrogens is 306 g/mol. The lowest BCUT2D eigenvalue weighted by Crippen LogP contribution is -2.28. The lowest BCUT2D eigenvalue weighted by atomic mass is 9.95. The van der Waals surface area contributed by atoms with E-state index in [2.05, 4.69) is 68.4 Å². The largest absolute Gasteiger partial charge is 0.327 e. The molecule has 0 unspecified atom stereocenters. The molecule has 0 saturated carbocycles. The quantitative estimate of drug-likeness (QED) is 0.558. The van der Waals surface area contributed by atoms with Crippen molar-refractivity contribution in [2.75, 3.05) is 19.6 Å². The number of aromatic nitrogens is 2. The third-order valence-electron chi connectivity index (χ3n) is 4.84. The second-order valence-corrected chi connectivity index (χ2v) is 8.23. The molecule has 0 spiro atoms. The molecule has 1 heterocycles. The smallest absolute Gasteiger partial charge is 0.115 e. The van der Waals surface area contributed by atoms with Crippen LogP contribution in [0.2, 0.25) is 0 Å². The van der Waals surface area contributed by atoms with Crippen LogP contribution in [0.4, 0.5) is 0 Å². The van der Waals surface area contributed by atoms with Gasteiger partial charge in [-0.05, 0) is 51.0 Å². The lowest BCUT2D eigenvalue weighted by Gasteiger charge is -2.24. The molecule has 0 fully saturated rings. The molecule has 3 nitrogen and oxygen atoms in total. The Morgan fingerprint density at radius 2 is 1.52 bits per heavy atom. The van der Waals surface area contributed by atoms with Gasteiger partial charge in [0.1, 0.15) is 5.82 Å². The van der Waals surface area contributed by atoms with Gasteiger partial charge in [0.15, 0.2) is 0 Å². The molecule has 1 aromatic carbocycles. The average Bonchev–Trinajstić information content (AvgIpc) is 2.96. The molecule has 0 N–H and O–H groups in total. The molecule has 0 radical (unpaired) electrons. The minimum Gasteiger partial charge on any atom is -0.327 e. The van der Waals surface area contributed by atoms with Gasteiger partial charge < -0.3 is 9.47 Å². The predicted octanol–water partition coefficient (Wildman–Crippen LogP) is 5.63. The van der Waals surface area contributed by atoms with Crippen LogP contribution in [0.25, 0.3) is 11.0 Å². The summed E-state index contributed by atoms with van der Waals surface area (Å²) in [5.74, 6) is 1.21. The van der Waals surface area contributed by atoms with Crippen molar-refractivity contribution in [2.45, 2.75) is 78.7 Å². The zero-order valence-corrected chi connectivity index (χ0v) is 17.0. The van der Waals surface area contributed by atoms with Gasteiger partial charge >= 0.3 is 0 Å². The number of fused-ring (bicyclic) bond motifs is 1. The first-order chi connectivity index (χ1) is 12.0. The number of hydrogen-bond acceptors (Lipinski definition) is 2. The van der Waals surface area contributed by atoms with Crippen LogP contribution in [0.15, 0.2) is 24.3 Å². The summed E-state index contributed by atoms with van der Waals surface area (Å²) in [7, 11) is 0. The van der Waals surface area contributed by atoms with Crippen molar-refractivity contribution >= 4 is 11.0 Å². The topological polar surface area (TPSA) is 21.1 Å². The van der Waals surface area contributed by atoms with E-state index in [1.54, 1.807) is 0 Å². The summed E-state index contributed by atoms with van der Waals surface area (Å²) in [5.41, 5.74) is 2.48. The SMILES string of the molecule is CCCCN(CCCC)CCCn1c(C(C)(C)C)nc2ccccc21. The van der Waals surface area contributed by atoms with Gasteiger partial charge in [0, 0.05) is 12.0 Å². The molecule has 0 aliphatic rings. The first-order valence-electron chi connectivity index (χ1n) is 10.2. The van der Waals surface area contributed by atoms with E-state index in [4.69, 9.17) is 4.98 Å². The second kappa shape index (κ2) is 9.38. The molecule has 1 aromatic heterocycles. The number of aryl methyl sites for hydroxylation is 1. The summed E-state index contributed by atoms with van der Waals surface area (Å²) in [6, 6.07) is 8.56. The summed E-state index contributed by atoms with van der Waals surface area (Å²) >= 11 is 0. The number of nitrogens with zero attached hydrogens (tertiary/aromatic N) is 3. The zero-order chi connectivity index (χ0) is 18.3. The monoisotopic (exact) mass is 343 g/mol. The van der Waals surface area contributed by atoms with Gasteiger partial charge in [-0.1, -0.05) is 59.6 Å². The maximum Gasteiger partial charge on any atom is 0.115 e. The van der Waals surface area contributed by atoms with Crippen molar-refractivity contribution in [3.05, 3.63) is 30.1 Å². The molecule has 0 saturated heterocycles. The van der Waals surface area contributed by atoms with Gasteiger partial charge in [0.2, 0.25) is 0 Å². The Labute approximate surface area is 154 Å². The van der Waals surface area contributed by atoms with Crippen molar-refractivity contribution in [2.24, 2.45) is 0 Å². The number of para-hydroxylation sites is 2. The van der Waals surface area contributed by atoms with Crippen LogP contribution in [0.3, 0.4) is 0 Å². The van der Waals surface area contributed by atoms with Gasteiger partial charge in [0.25, 0.3) is 0 Å². The van der Waals surface area contributed by atoms with Gasteiger partial charge in [-0.3, -0.25) is 0 Å². The molecular formula is C22H37N3. The highest BCUT2D eigenvalue weighted by atomic mass is 15.1. The third-order valence-corrected chi connectivity index (χ3v) is 4.84. The summed E-state index contributed by atoms with van der Waals surface area (Å²) < 4.78 is 2.45. The zero-order valence-electron chi connectivity index (χ0n) is 17.0. The normalized spacial score (nSPS) is 12.4. The fourth-order valence-electron chi connectivity index (χ4n) is 3.43. The van der Waals surface area contributed by atoms with Crippen molar-refractivity contribution in [3.63, 3.8) is 0 Å². The molecule has 140 valence electrons. The lowest BCUT2D eigenvalue weighted by molar-refractivity contribution is 0.256. The van der Waals surface area contributed by atoms with Gasteiger partial charge in [-0.15, -0.1) is 0 Å². The highest BCUT2D eigenvalue weighted by Crippen LogP contribution is 2.26. The van der Waals surface area contributed by atoms with Crippen LogP contribution in [0.1, 0.15) is 72.5 Å². The fourth-order valence-corrected chi connectivity index (χ4v) is 3.43. The number of benzene rings is 1. The van der Waals surface area contributed by atoms with Crippen LogP contribution in [0.5, 0.6) is 0 Å². The summed E-state index contributed by atoms with van der Waals surface area (Å²) in [4.78, 5) is 7.59. The molecule has 3 heteroatoms. The molecule has 0 aliphatic carbocycles. The van der Waals surface area contributed by atoms with Crippen LogP contribution in [-0.2, 0) is 12.0 Å². The summed E-state index contributed by atoms with van der Waals surface area (Å²) in [6.07, 6.45) is 6.37. The van der Waals surface area contributed by atoms with Crippen molar-refractivity contribution in [1.29, 1.82) is 0 Å². The number of imidazole rings is 1. The molecule has 0 amide bonds. The van der Waals surface area contributed by atoms with E-state index in [-0.39, 0.29) is 5.41 Å². The van der Waals surface area contributed by atoms with Crippen LogP contribution in [0, 0.1) is 0 Å². The van der Waals surface area contributed by atoms with E-state index in [0.717, 1.165) is 12.1 Å². The molecule has 25 heavy (non-hydrogen) atoms. The van der Waals surface area contributed by atoms with Crippen LogP contribution in [-0.4, -0.2) is 34.1 Å². The maximum absolute atomic E-state index is 4.93. The summed E-state index contributed by atoms with van der Waals surface area (Å²) in [6.45, 7) is 16.1. The highest BCUT2D eigenvalue weighted by Gasteiger charge is 2.22. The number of hydrogen-bond donors (Lipinski definition) is 0. The van der Waals surface area contributed by atoms with Crippen LogP contribution < -0.4 is 0 Å². The van der Waals surface area contributed by atoms with Gasteiger partial charge in [-0.2, -0.15) is 0 Å². The molecule has 2 aromatic rings. The number of rotatable bonds is 10. The molecule has 0 aliphatic heterocycles. The minimum absolute atomic E-state index is 0.0725. The molecule has 0 bridgehead atoms. The van der Waals surface area contributed by atoms with Crippen molar-refractivity contribution < 1.29 is 0 Å². The maximum atomic E-state index is 4.93. The average molecular weight is 344 g/mol. The Kier molecular flexibility index (Phi) is 7.49. The predicted molar refractivity (Wildman–Crippen MR) is 109 cm³/mol. The van der Waals surface area contributed by atoms with Crippen molar-refractivity contribution in [1.82, 2.24) is 14.5 Å². The standard InChI is InChI=1S/C22H37N3/c1-6-8-15-24(16-9-7-2)17-12-18-25-20-14-11-10-13-19(20)23-21(25)22(3,4)5/h10-11,13-14H,6-9,12,15-18H2,1-5H3. The Morgan fingerprint density at radius 1 is 0.920 bits per heavy atom. The van der Waals surface area contributed by atoms with E-state index in [1.807, 2.05) is 0 Å². The van der Waals surface area contributed by atoms with E-state index >= 15 is 0 Å².